The van der Waals surface area contributed by atoms with E-state index in [1.165, 1.54) is 11.3 Å². The highest BCUT2D eigenvalue weighted by atomic mass is 35.5. The fourth-order valence-electron chi connectivity index (χ4n) is 1.66. The maximum Gasteiger partial charge on any atom is 0.212 e. The zero-order valence-corrected chi connectivity index (χ0v) is 12.5. The lowest BCUT2D eigenvalue weighted by Gasteiger charge is -1.96. The Labute approximate surface area is 125 Å². The summed E-state index contributed by atoms with van der Waals surface area (Å²) in [5.41, 5.74) is 7.71. The van der Waals surface area contributed by atoms with Crippen LogP contribution in [0.3, 0.4) is 0 Å². The van der Waals surface area contributed by atoms with E-state index in [1.54, 1.807) is 4.52 Å². The molecule has 0 aliphatic carbocycles. The van der Waals surface area contributed by atoms with E-state index in [-0.39, 0.29) is 18.4 Å². The molecule has 0 radical (unpaired) electrons. The van der Waals surface area contributed by atoms with E-state index in [4.69, 9.17) is 17.3 Å². The summed E-state index contributed by atoms with van der Waals surface area (Å²) in [6.45, 7) is 1.92. The Morgan fingerprint density at radius 3 is 2.58 bits per heavy atom. The van der Waals surface area contributed by atoms with Crippen molar-refractivity contribution in [2.45, 2.75) is 13.0 Å². The highest BCUT2D eigenvalue weighted by Crippen LogP contribution is 2.25. The topological polar surface area (TPSA) is 56.2 Å². The first-order valence-electron chi connectivity index (χ1n) is 5.51. The van der Waals surface area contributed by atoms with Crippen molar-refractivity contribution in [2.24, 2.45) is 5.73 Å². The van der Waals surface area contributed by atoms with E-state index in [1.807, 2.05) is 37.4 Å². The van der Waals surface area contributed by atoms with Gasteiger partial charge in [0.15, 0.2) is 0 Å². The molecule has 0 aliphatic rings. The quantitative estimate of drug-likeness (QED) is 0.787. The molecule has 4 nitrogen and oxygen atoms in total. The van der Waals surface area contributed by atoms with Gasteiger partial charge in [-0.1, -0.05) is 35.1 Å². The van der Waals surface area contributed by atoms with Crippen LogP contribution in [0.25, 0.3) is 16.2 Å². The molecule has 3 aromatic rings. The lowest BCUT2D eigenvalue weighted by molar-refractivity contribution is 0.769. The Bertz CT molecular complexity index is 656. The summed E-state index contributed by atoms with van der Waals surface area (Å²) in [6.07, 6.45) is 1.90. The summed E-state index contributed by atoms with van der Waals surface area (Å²) in [5, 5.41) is 6.01. The smallest absolute Gasteiger partial charge is 0.212 e. The number of nitrogens with zero attached hydrogens (tertiary/aromatic N) is 3. The molecule has 1 aromatic carbocycles. The lowest BCUT2D eigenvalue weighted by atomic mass is 10.2. The number of nitrogens with two attached hydrogens (primary N) is 1. The second-order valence-electron chi connectivity index (χ2n) is 4.09. The predicted octanol–water partition coefficient (Wildman–Crippen LogP) is 3.55. The first-order valence-corrected chi connectivity index (χ1v) is 6.70. The molecule has 0 saturated carbocycles. The van der Waals surface area contributed by atoms with Crippen molar-refractivity contribution in [2.75, 3.05) is 0 Å². The Kier molecular flexibility index (Phi) is 4.10. The van der Waals surface area contributed by atoms with Gasteiger partial charge in [-0.15, -0.1) is 12.4 Å². The largest absolute Gasteiger partial charge is 0.322 e. The van der Waals surface area contributed by atoms with Crippen molar-refractivity contribution in [3.63, 3.8) is 0 Å². The minimum atomic E-state index is -0.0596. The SMILES string of the molecule is CC(N)c1nn2cc(-c3ccc(Cl)cc3)nc2s1.Cl. The van der Waals surface area contributed by atoms with E-state index in [2.05, 4.69) is 10.1 Å². The van der Waals surface area contributed by atoms with Crippen molar-refractivity contribution in [3.8, 4) is 11.3 Å². The fourth-order valence-corrected chi connectivity index (χ4v) is 2.62. The van der Waals surface area contributed by atoms with E-state index < -0.39 is 0 Å². The minimum Gasteiger partial charge on any atom is -0.322 e. The third kappa shape index (κ3) is 2.74. The zero-order chi connectivity index (χ0) is 12.7. The molecule has 0 amide bonds. The zero-order valence-electron chi connectivity index (χ0n) is 10.1. The van der Waals surface area contributed by atoms with Crippen molar-refractivity contribution in [3.05, 3.63) is 40.5 Å². The van der Waals surface area contributed by atoms with Crippen LogP contribution >= 0.6 is 35.3 Å². The summed E-state index contributed by atoms with van der Waals surface area (Å²) in [5.74, 6) is 0. The van der Waals surface area contributed by atoms with Gasteiger partial charge >= 0.3 is 0 Å². The van der Waals surface area contributed by atoms with Gasteiger partial charge < -0.3 is 5.73 Å². The summed E-state index contributed by atoms with van der Waals surface area (Å²) >= 11 is 7.38. The van der Waals surface area contributed by atoms with Gasteiger partial charge in [0.1, 0.15) is 5.01 Å². The summed E-state index contributed by atoms with van der Waals surface area (Å²) in [6, 6.07) is 7.54. The molecule has 0 fully saturated rings. The molecule has 2 aromatic heterocycles. The standard InChI is InChI=1S/C12H11ClN4S.ClH/c1-7(14)11-16-17-6-10(15-12(17)18-11)8-2-4-9(13)5-3-8;/h2-7H,14H2,1H3;1H. The summed E-state index contributed by atoms with van der Waals surface area (Å²) < 4.78 is 1.77. The third-order valence-electron chi connectivity index (χ3n) is 2.59. The molecule has 1 unspecified atom stereocenters. The number of rotatable bonds is 2. The molecule has 0 spiro atoms. The van der Waals surface area contributed by atoms with E-state index in [0.717, 1.165) is 26.2 Å². The Morgan fingerprint density at radius 2 is 2.00 bits per heavy atom. The van der Waals surface area contributed by atoms with Gasteiger partial charge in [-0.2, -0.15) is 5.10 Å². The average molecular weight is 315 g/mol. The molecular weight excluding hydrogens is 303 g/mol. The number of aromatic nitrogens is 3. The van der Waals surface area contributed by atoms with Crippen molar-refractivity contribution >= 4 is 40.3 Å². The number of benzene rings is 1. The van der Waals surface area contributed by atoms with Crippen molar-refractivity contribution in [1.82, 2.24) is 14.6 Å². The van der Waals surface area contributed by atoms with E-state index in [9.17, 15) is 0 Å². The Morgan fingerprint density at radius 1 is 1.32 bits per heavy atom. The maximum atomic E-state index is 5.86. The summed E-state index contributed by atoms with van der Waals surface area (Å²) in [7, 11) is 0. The number of imidazole rings is 1. The van der Waals surface area contributed by atoms with Crippen LogP contribution in [0.1, 0.15) is 18.0 Å². The first-order chi connectivity index (χ1) is 8.63. The number of halogens is 2. The number of hydrogen-bond acceptors (Lipinski definition) is 4. The van der Waals surface area contributed by atoms with Gasteiger partial charge in [0, 0.05) is 10.6 Å². The molecule has 0 bridgehead atoms. The van der Waals surface area contributed by atoms with Gasteiger partial charge in [0.2, 0.25) is 4.96 Å². The molecular formula is C12H12Cl2N4S. The van der Waals surface area contributed by atoms with Crippen LogP contribution in [0.15, 0.2) is 30.5 Å². The van der Waals surface area contributed by atoms with Crippen LogP contribution in [0.4, 0.5) is 0 Å². The lowest BCUT2D eigenvalue weighted by Crippen LogP contribution is -2.04. The van der Waals surface area contributed by atoms with E-state index >= 15 is 0 Å². The van der Waals surface area contributed by atoms with Crippen molar-refractivity contribution in [1.29, 1.82) is 0 Å². The van der Waals surface area contributed by atoms with Gasteiger partial charge in [-0.3, -0.25) is 0 Å². The average Bonchev–Trinajstić information content (AvgIpc) is 2.87. The molecule has 0 aliphatic heterocycles. The first kappa shape index (κ1) is 14.3. The van der Waals surface area contributed by atoms with Crippen LogP contribution in [-0.2, 0) is 0 Å². The molecule has 7 heteroatoms. The normalized spacial score (nSPS) is 12.4. The Hall–Kier alpha value is -1.14. The second-order valence-corrected chi connectivity index (χ2v) is 5.51. The number of hydrogen-bond donors (Lipinski definition) is 1. The summed E-state index contributed by atoms with van der Waals surface area (Å²) in [4.78, 5) is 5.39. The molecule has 2 N–H and O–H groups in total. The van der Waals surface area contributed by atoms with Crippen LogP contribution in [0.5, 0.6) is 0 Å². The highest BCUT2D eigenvalue weighted by Gasteiger charge is 2.11. The fraction of sp³-hybridized carbons (Fsp3) is 0.167. The van der Waals surface area contributed by atoms with Gasteiger partial charge in [-0.05, 0) is 19.1 Å². The van der Waals surface area contributed by atoms with Crippen LogP contribution in [0.2, 0.25) is 5.02 Å². The van der Waals surface area contributed by atoms with Crippen LogP contribution < -0.4 is 5.73 Å². The molecule has 19 heavy (non-hydrogen) atoms. The monoisotopic (exact) mass is 314 g/mol. The molecule has 100 valence electrons. The number of fused-ring (bicyclic) bond motifs is 1. The second kappa shape index (κ2) is 5.46. The predicted molar refractivity (Wildman–Crippen MR) is 81.2 cm³/mol. The molecule has 0 saturated heterocycles. The van der Waals surface area contributed by atoms with Crippen molar-refractivity contribution < 1.29 is 0 Å². The van der Waals surface area contributed by atoms with Crippen LogP contribution in [-0.4, -0.2) is 14.6 Å². The maximum absolute atomic E-state index is 5.86. The Balaban J connectivity index is 0.00000133. The van der Waals surface area contributed by atoms with E-state index in [0.29, 0.717) is 0 Å². The van der Waals surface area contributed by atoms with Crippen LogP contribution in [0, 0.1) is 0 Å². The minimum absolute atomic E-state index is 0. The molecule has 1 atom stereocenters. The molecule has 2 heterocycles. The van der Waals surface area contributed by atoms with Gasteiger partial charge in [0.05, 0.1) is 17.9 Å². The van der Waals surface area contributed by atoms with Gasteiger partial charge in [0.25, 0.3) is 0 Å². The third-order valence-corrected chi connectivity index (χ3v) is 3.96. The highest BCUT2D eigenvalue weighted by molar-refractivity contribution is 7.16. The van der Waals surface area contributed by atoms with Gasteiger partial charge in [-0.25, -0.2) is 9.50 Å². The molecule has 3 rings (SSSR count).